The molecule has 1 atom stereocenters. The third-order valence-corrected chi connectivity index (χ3v) is 3.60. The summed E-state index contributed by atoms with van der Waals surface area (Å²) in [5.41, 5.74) is 0. The molecule has 0 radical (unpaired) electrons. The standard InChI is InChI=1S/C13H23NO4/c1-9(17-2)8-14-12(15)10-4-6-11(7-5-10)13(16)18-3/h9-11H,4-8H2,1-3H3,(H,14,15)/t9-,10?,11?/m0/s1. The molecule has 0 saturated heterocycles. The zero-order valence-corrected chi connectivity index (χ0v) is 11.4. The first-order chi connectivity index (χ1) is 8.58. The molecule has 5 nitrogen and oxygen atoms in total. The van der Waals surface area contributed by atoms with Crippen LogP contribution in [0.1, 0.15) is 32.6 Å². The summed E-state index contributed by atoms with van der Waals surface area (Å²) in [7, 11) is 3.03. The molecule has 0 bridgehead atoms. The highest BCUT2D eigenvalue weighted by Gasteiger charge is 2.30. The van der Waals surface area contributed by atoms with Crippen LogP contribution in [-0.2, 0) is 19.1 Å². The summed E-state index contributed by atoms with van der Waals surface area (Å²) in [4.78, 5) is 23.2. The Hall–Kier alpha value is -1.10. The van der Waals surface area contributed by atoms with E-state index in [2.05, 4.69) is 5.32 Å². The highest BCUT2D eigenvalue weighted by Crippen LogP contribution is 2.29. The first kappa shape index (κ1) is 15.0. The first-order valence-electron chi connectivity index (χ1n) is 6.46. The normalized spacial score (nSPS) is 25.3. The van der Waals surface area contributed by atoms with Crippen molar-refractivity contribution in [3.8, 4) is 0 Å². The molecule has 0 aromatic heterocycles. The lowest BCUT2D eigenvalue weighted by Gasteiger charge is -2.26. The van der Waals surface area contributed by atoms with Crippen LogP contribution in [0.2, 0.25) is 0 Å². The van der Waals surface area contributed by atoms with E-state index >= 15 is 0 Å². The first-order valence-corrected chi connectivity index (χ1v) is 6.46. The van der Waals surface area contributed by atoms with Gasteiger partial charge in [0.05, 0.1) is 19.1 Å². The van der Waals surface area contributed by atoms with Crippen LogP contribution in [0.3, 0.4) is 0 Å². The largest absolute Gasteiger partial charge is 0.469 e. The van der Waals surface area contributed by atoms with Gasteiger partial charge in [-0.2, -0.15) is 0 Å². The topological polar surface area (TPSA) is 64.6 Å². The highest BCUT2D eigenvalue weighted by molar-refractivity contribution is 5.79. The Morgan fingerprint density at radius 2 is 1.72 bits per heavy atom. The van der Waals surface area contributed by atoms with Gasteiger partial charge in [0.2, 0.25) is 5.91 Å². The highest BCUT2D eigenvalue weighted by atomic mass is 16.5. The number of carbonyl (C=O) groups is 2. The summed E-state index contributed by atoms with van der Waals surface area (Å²) in [5.74, 6) is -0.0870. The molecule has 18 heavy (non-hydrogen) atoms. The lowest BCUT2D eigenvalue weighted by molar-refractivity contribution is -0.147. The van der Waals surface area contributed by atoms with Gasteiger partial charge in [0.1, 0.15) is 0 Å². The zero-order valence-electron chi connectivity index (χ0n) is 11.4. The van der Waals surface area contributed by atoms with Gasteiger partial charge in [-0.1, -0.05) is 0 Å². The summed E-state index contributed by atoms with van der Waals surface area (Å²) in [6, 6.07) is 0. The molecule has 1 N–H and O–H groups in total. The summed E-state index contributed by atoms with van der Waals surface area (Å²) in [6.45, 7) is 2.45. The van der Waals surface area contributed by atoms with Crippen LogP contribution >= 0.6 is 0 Å². The van der Waals surface area contributed by atoms with E-state index in [1.54, 1.807) is 7.11 Å². The maximum atomic E-state index is 11.9. The molecule has 1 amide bonds. The SMILES string of the molecule is COC(=O)C1CCC(C(=O)NC[C@H](C)OC)CC1. The smallest absolute Gasteiger partial charge is 0.308 e. The van der Waals surface area contributed by atoms with Crippen molar-refractivity contribution in [2.45, 2.75) is 38.7 Å². The minimum atomic E-state index is -0.151. The van der Waals surface area contributed by atoms with Crippen LogP contribution in [0.15, 0.2) is 0 Å². The molecular weight excluding hydrogens is 234 g/mol. The second-order valence-electron chi connectivity index (χ2n) is 4.86. The summed E-state index contributed by atoms with van der Waals surface area (Å²) in [5, 5.41) is 2.88. The molecule has 1 fully saturated rings. The van der Waals surface area contributed by atoms with Gasteiger partial charge in [-0.3, -0.25) is 9.59 Å². The number of hydrogen-bond donors (Lipinski definition) is 1. The van der Waals surface area contributed by atoms with Crippen LogP contribution in [0.5, 0.6) is 0 Å². The number of methoxy groups -OCH3 is 2. The third kappa shape index (κ3) is 4.29. The van der Waals surface area contributed by atoms with Gasteiger partial charge in [-0.25, -0.2) is 0 Å². The van der Waals surface area contributed by atoms with Crippen LogP contribution in [0.4, 0.5) is 0 Å². The van der Waals surface area contributed by atoms with Crippen LogP contribution in [0.25, 0.3) is 0 Å². The van der Waals surface area contributed by atoms with E-state index in [0.29, 0.717) is 6.54 Å². The molecule has 104 valence electrons. The molecule has 0 aromatic carbocycles. The number of esters is 1. The maximum absolute atomic E-state index is 11.9. The second kappa shape index (κ2) is 7.36. The molecular formula is C13H23NO4. The lowest BCUT2D eigenvalue weighted by atomic mass is 9.81. The third-order valence-electron chi connectivity index (χ3n) is 3.60. The van der Waals surface area contributed by atoms with Crippen molar-refractivity contribution in [3.63, 3.8) is 0 Å². The zero-order chi connectivity index (χ0) is 13.5. The molecule has 1 rings (SSSR count). The van der Waals surface area contributed by atoms with Crippen molar-refractivity contribution in [1.82, 2.24) is 5.32 Å². The lowest BCUT2D eigenvalue weighted by Crippen LogP contribution is -2.38. The Kier molecular flexibility index (Phi) is 6.12. The molecule has 5 heteroatoms. The maximum Gasteiger partial charge on any atom is 0.308 e. The average molecular weight is 257 g/mol. The van der Waals surface area contributed by atoms with E-state index in [-0.39, 0.29) is 29.8 Å². The monoisotopic (exact) mass is 257 g/mol. The second-order valence-corrected chi connectivity index (χ2v) is 4.86. The van der Waals surface area contributed by atoms with Gasteiger partial charge in [0.15, 0.2) is 0 Å². The molecule has 1 aliphatic carbocycles. The Bertz CT molecular complexity index is 285. The van der Waals surface area contributed by atoms with Crippen LogP contribution in [0, 0.1) is 11.8 Å². The molecule has 0 spiro atoms. The minimum Gasteiger partial charge on any atom is -0.469 e. The van der Waals surface area contributed by atoms with Crippen LogP contribution in [-0.4, -0.2) is 38.7 Å². The fraction of sp³-hybridized carbons (Fsp3) is 0.846. The van der Waals surface area contributed by atoms with Crippen molar-refractivity contribution < 1.29 is 19.1 Å². The number of ether oxygens (including phenoxy) is 2. The Morgan fingerprint density at radius 1 is 1.17 bits per heavy atom. The van der Waals surface area contributed by atoms with E-state index in [4.69, 9.17) is 9.47 Å². The molecule has 0 heterocycles. The average Bonchev–Trinajstić information content (AvgIpc) is 2.43. The minimum absolute atomic E-state index is 0.0231. The predicted molar refractivity (Wildman–Crippen MR) is 66.9 cm³/mol. The number of rotatable bonds is 5. The Morgan fingerprint density at radius 3 is 2.22 bits per heavy atom. The summed E-state index contributed by atoms with van der Waals surface area (Å²) >= 11 is 0. The summed E-state index contributed by atoms with van der Waals surface area (Å²) < 4.78 is 9.80. The fourth-order valence-corrected chi connectivity index (χ4v) is 2.23. The number of amides is 1. The molecule has 0 aromatic rings. The summed E-state index contributed by atoms with van der Waals surface area (Å²) in [6.07, 6.45) is 3.02. The number of hydrogen-bond acceptors (Lipinski definition) is 4. The van der Waals surface area contributed by atoms with Gasteiger partial charge >= 0.3 is 5.97 Å². The molecule has 1 aliphatic rings. The van der Waals surface area contributed by atoms with E-state index in [1.165, 1.54) is 7.11 Å². The van der Waals surface area contributed by atoms with Crippen molar-refractivity contribution >= 4 is 11.9 Å². The predicted octanol–water partition coefficient (Wildman–Crippen LogP) is 1.12. The Labute approximate surface area is 108 Å². The van der Waals surface area contributed by atoms with Gasteiger partial charge in [0, 0.05) is 19.6 Å². The Balaban J connectivity index is 2.29. The van der Waals surface area contributed by atoms with Crippen LogP contribution < -0.4 is 5.32 Å². The number of nitrogens with one attached hydrogen (secondary N) is 1. The molecule has 1 saturated carbocycles. The van der Waals surface area contributed by atoms with Crippen molar-refractivity contribution in [1.29, 1.82) is 0 Å². The van der Waals surface area contributed by atoms with Gasteiger partial charge in [-0.15, -0.1) is 0 Å². The van der Waals surface area contributed by atoms with E-state index in [9.17, 15) is 9.59 Å². The molecule has 0 unspecified atom stereocenters. The fourth-order valence-electron chi connectivity index (χ4n) is 2.23. The van der Waals surface area contributed by atoms with Gasteiger partial charge in [0.25, 0.3) is 0 Å². The van der Waals surface area contributed by atoms with Crippen molar-refractivity contribution in [2.24, 2.45) is 11.8 Å². The molecule has 0 aliphatic heterocycles. The van der Waals surface area contributed by atoms with E-state index < -0.39 is 0 Å². The number of carbonyl (C=O) groups excluding carboxylic acids is 2. The van der Waals surface area contributed by atoms with E-state index in [0.717, 1.165) is 25.7 Å². The van der Waals surface area contributed by atoms with Gasteiger partial charge in [-0.05, 0) is 32.6 Å². The quantitative estimate of drug-likeness (QED) is 0.749. The van der Waals surface area contributed by atoms with Crippen molar-refractivity contribution in [3.05, 3.63) is 0 Å². The van der Waals surface area contributed by atoms with Crippen molar-refractivity contribution in [2.75, 3.05) is 20.8 Å². The van der Waals surface area contributed by atoms with Gasteiger partial charge < -0.3 is 14.8 Å². The van der Waals surface area contributed by atoms with E-state index in [1.807, 2.05) is 6.92 Å².